The van der Waals surface area contributed by atoms with Gasteiger partial charge in [0.2, 0.25) is 0 Å². The summed E-state index contributed by atoms with van der Waals surface area (Å²) in [5, 5.41) is 16.5. The van der Waals surface area contributed by atoms with Crippen molar-refractivity contribution in [3.63, 3.8) is 0 Å². The predicted molar refractivity (Wildman–Crippen MR) is 182 cm³/mol. The van der Waals surface area contributed by atoms with Crippen molar-refractivity contribution < 1.29 is 14.2 Å². The van der Waals surface area contributed by atoms with Crippen LogP contribution in [0.2, 0.25) is 0 Å². The molecule has 9 heteroatoms. The van der Waals surface area contributed by atoms with Gasteiger partial charge in [-0.05, 0) is 80.2 Å². The number of phenolic OH excluding ortho intramolecular Hbond substituents is 1. The summed E-state index contributed by atoms with van der Waals surface area (Å²) in [5.41, 5.74) is 3.11. The SMILES string of the molecule is Oc1cc(N2CCc3c(nc(OC[C@]45C[C@@H](F)CC4C[C@H]4CCCC[C@H]4C5)nc3N3CC4CCC(C3)N4)C2)c2c(Br)cccc2c1. The largest absolute Gasteiger partial charge is 0.508 e. The van der Waals surface area contributed by atoms with Crippen LogP contribution in [-0.2, 0) is 13.0 Å². The molecule has 7 atom stereocenters. The Kier molecular flexibility index (Phi) is 7.37. The molecule has 7 nitrogen and oxygen atoms in total. The smallest absolute Gasteiger partial charge is 0.318 e. The van der Waals surface area contributed by atoms with Crippen molar-refractivity contribution >= 4 is 38.2 Å². The molecule has 3 aliphatic heterocycles. The highest BCUT2D eigenvalue weighted by Crippen LogP contribution is 2.59. The van der Waals surface area contributed by atoms with Gasteiger partial charge in [0.05, 0.1) is 18.8 Å². The van der Waals surface area contributed by atoms with Crippen molar-refractivity contribution in [1.29, 1.82) is 0 Å². The Bertz CT molecular complexity index is 1640. The van der Waals surface area contributed by atoms with Gasteiger partial charge in [-0.2, -0.15) is 9.97 Å². The third-order valence-electron chi connectivity index (χ3n) is 12.6. The van der Waals surface area contributed by atoms with Crippen molar-refractivity contribution in [1.82, 2.24) is 15.3 Å². The van der Waals surface area contributed by atoms with Crippen molar-refractivity contribution in [2.75, 3.05) is 36.0 Å². The van der Waals surface area contributed by atoms with E-state index in [0.717, 1.165) is 77.3 Å². The number of alkyl halides is 1. The van der Waals surface area contributed by atoms with Crippen LogP contribution in [0, 0.1) is 23.2 Å². The summed E-state index contributed by atoms with van der Waals surface area (Å²) in [5.74, 6) is 3.17. The average Bonchev–Trinajstić information content (AvgIpc) is 3.57. The van der Waals surface area contributed by atoms with Gasteiger partial charge in [-0.15, -0.1) is 0 Å². The van der Waals surface area contributed by atoms with E-state index in [-0.39, 0.29) is 11.2 Å². The Morgan fingerprint density at radius 1 is 1.00 bits per heavy atom. The zero-order chi connectivity index (χ0) is 31.0. The van der Waals surface area contributed by atoms with E-state index in [1.165, 1.54) is 44.1 Å². The molecule has 3 aromatic rings. The standard InChI is InChI=1S/C37H45BrFN5O2/c38-31-7-3-6-23-13-29(45)15-33(34(23)31)43-11-10-30-32(20-43)41-36(42-35(30)44-18-27-8-9-28(19-44)40-27)46-21-37-16-24-5-2-1-4-22(24)12-25(37)14-26(39)17-37/h3,6-7,13,15,22,24-28,40,45H,1-2,4-5,8-12,14,16-21H2/t22-,24+,25?,26+,27?,28?,37+/m1/s1. The Balaban J connectivity index is 1.05. The van der Waals surface area contributed by atoms with Crippen molar-refractivity contribution in [3.8, 4) is 11.8 Å². The molecule has 0 spiro atoms. The summed E-state index contributed by atoms with van der Waals surface area (Å²) >= 11 is 3.78. The molecule has 3 unspecified atom stereocenters. The molecule has 0 radical (unpaired) electrons. The van der Waals surface area contributed by atoms with Crippen LogP contribution in [0.4, 0.5) is 15.9 Å². The topological polar surface area (TPSA) is 73.8 Å². The van der Waals surface area contributed by atoms with E-state index in [4.69, 9.17) is 14.7 Å². The van der Waals surface area contributed by atoms with Gasteiger partial charge < -0.3 is 25.0 Å². The number of phenols is 1. The van der Waals surface area contributed by atoms with Crippen LogP contribution in [0.25, 0.3) is 10.8 Å². The number of aromatic nitrogens is 2. The zero-order valence-electron chi connectivity index (χ0n) is 26.6. The molecule has 2 aromatic carbocycles. The molecule has 3 saturated carbocycles. The van der Waals surface area contributed by atoms with Gasteiger partial charge in [-0.25, -0.2) is 4.39 Å². The Morgan fingerprint density at radius 2 is 1.83 bits per heavy atom. The first-order valence-electron chi connectivity index (χ1n) is 17.7. The van der Waals surface area contributed by atoms with Crippen molar-refractivity contribution in [2.24, 2.45) is 23.2 Å². The molecular formula is C37H45BrFN5O2. The van der Waals surface area contributed by atoms with Gasteiger partial charge in [0.15, 0.2) is 0 Å². The molecule has 2 N–H and O–H groups in total. The lowest BCUT2D eigenvalue weighted by atomic mass is 9.58. The minimum absolute atomic E-state index is 0.107. The fraction of sp³-hybridized carbons (Fsp3) is 0.622. The van der Waals surface area contributed by atoms with E-state index in [1.807, 2.05) is 24.3 Å². The van der Waals surface area contributed by atoms with E-state index >= 15 is 4.39 Å². The molecule has 5 fully saturated rings. The Morgan fingerprint density at radius 3 is 2.67 bits per heavy atom. The summed E-state index contributed by atoms with van der Waals surface area (Å²) in [6.45, 7) is 3.84. The number of rotatable bonds is 5. The molecule has 9 rings (SSSR count). The Labute approximate surface area is 279 Å². The number of nitrogens with zero attached hydrogens (tertiary/aromatic N) is 4. The van der Waals surface area contributed by atoms with Gasteiger partial charge in [0.25, 0.3) is 0 Å². The number of piperazine rings is 1. The second-order valence-electron chi connectivity index (χ2n) is 15.4. The number of halogens is 2. The first kappa shape index (κ1) is 29.5. The van der Waals surface area contributed by atoms with Gasteiger partial charge >= 0.3 is 6.01 Å². The van der Waals surface area contributed by atoms with Gasteiger partial charge in [-0.3, -0.25) is 0 Å². The van der Waals surface area contributed by atoms with Crippen LogP contribution in [0.3, 0.4) is 0 Å². The number of benzene rings is 2. The van der Waals surface area contributed by atoms with Crippen molar-refractivity contribution in [2.45, 2.75) is 95.4 Å². The molecular weight excluding hydrogens is 645 g/mol. The molecule has 2 saturated heterocycles. The van der Waals surface area contributed by atoms with E-state index < -0.39 is 6.17 Å². The quantitative estimate of drug-likeness (QED) is 0.291. The van der Waals surface area contributed by atoms with E-state index in [0.29, 0.717) is 55.9 Å². The zero-order valence-corrected chi connectivity index (χ0v) is 28.2. The predicted octanol–water partition coefficient (Wildman–Crippen LogP) is 7.31. The lowest BCUT2D eigenvalue weighted by molar-refractivity contribution is -0.0155. The third-order valence-corrected chi connectivity index (χ3v) is 13.3. The minimum Gasteiger partial charge on any atom is -0.508 e. The highest BCUT2D eigenvalue weighted by atomic mass is 79.9. The minimum atomic E-state index is -0.727. The monoisotopic (exact) mass is 689 g/mol. The first-order chi connectivity index (χ1) is 22.4. The normalized spacial score (nSPS) is 33.5. The summed E-state index contributed by atoms with van der Waals surface area (Å²) in [6, 6.07) is 11.2. The van der Waals surface area contributed by atoms with Gasteiger partial charge in [0, 0.05) is 64.3 Å². The number of aromatic hydroxyl groups is 1. The number of fused-ring (bicyclic) bond motifs is 6. The Hall–Kier alpha value is -2.65. The highest BCUT2D eigenvalue weighted by Gasteiger charge is 2.54. The lowest BCUT2D eigenvalue weighted by Crippen LogP contribution is -2.52. The maximum atomic E-state index is 15.1. The van der Waals surface area contributed by atoms with Gasteiger partial charge in [-0.1, -0.05) is 53.7 Å². The average molecular weight is 691 g/mol. The van der Waals surface area contributed by atoms with Crippen LogP contribution in [0.5, 0.6) is 11.8 Å². The lowest BCUT2D eigenvalue weighted by Gasteiger charge is -2.48. The molecule has 3 aliphatic carbocycles. The molecule has 1 aromatic heterocycles. The van der Waals surface area contributed by atoms with Gasteiger partial charge in [0.1, 0.15) is 17.7 Å². The number of nitrogens with one attached hydrogen (secondary N) is 1. The second-order valence-corrected chi connectivity index (χ2v) is 16.3. The van der Waals surface area contributed by atoms with Crippen molar-refractivity contribution in [3.05, 3.63) is 46.1 Å². The number of hydrogen-bond acceptors (Lipinski definition) is 7. The fourth-order valence-electron chi connectivity index (χ4n) is 10.5. The van der Waals surface area contributed by atoms with E-state index in [9.17, 15) is 5.11 Å². The summed E-state index contributed by atoms with van der Waals surface area (Å²) in [4.78, 5) is 15.1. The van der Waals surface area contributed by atoms with Crippen LogP contribution in [0.15, 0.2) is 34.8 Å². The number of anilines is 2. The van der Waals surface area contributed by atoms with Crippen LogP contribution in [0.1, 0.15) is 75.5 Å². The molecule has 4 heterocycles. The fourth-order valence-corrected chi connectivity index (χ4v) is 11.1. The molecule has 6 aliphatic rings. The molecule has 46 heavy (non-hydrogen) atoms. The summed E-state index contributed by atoms with van der Waals surface area (Å²) in [6.07, 6.45) is 11.3. The summed E-state index contributed by atoms with van der Waals surface area (Å²) < 4.78 is 22.8. The third kappa shape index (κ3) is 5.15. The van der Waals surface area contributed by atoms with Crippen LogP contribution < -0.4 is 19.9 Å². The summed E-state index contributed by atoms with van der Waals surface area (Å²) in [7, 11) is 0. The van der Waals surface area contributed by atoms with E-state index in [1.54, 1.807) is 0 Å². The number of hydrogen-bond donors (Lipinski definition) is 2. The molecule has 244 valence electrons. The maximum Gasteiger partial charge on any atom is 0.318 e. The number of ether oxygens (including phenoxy) is 1. The second kappa shape index (κ2) is 11.5. The highest BCUT2D eigenvalue weighted by molar-refractivity contribution is 9.10. The maximum absolute atomic E-state index is 15.1. The molecule has 0 amide bonds. The van der Waals surface area contributed by atoms with E-state index in [2.05, 4.69) is 37.1 Å². The van der Waals surface area contributed by atoms with Crippen LogP contribution in [-0.4, -0.2) is 59.6 Å². The first-order valence-corrected chi connectivity index (χ1v) is 18.5. The van der Waals surface area contributed by atoms with Crippen LogP contribution >= 0.6 is 15.9 Å². The molecule has 2 bridgehead atoms.